The molecule has 0 aliphatic carbocycles. The molecule has 1 aromatic heterocycles. The average Bonchev–Trinajstić information content (AvgIpc) is 3.00. The highest BCUT2D eigenvalue weighted by atomic mass is 16.5. The summed E-state index contributed by atoms with van der Waals surface area (Å²) in [5.74, 6) is 1.70. The molecule has 1 aliphatic heterocycles. The van der Waals surface area contributed by atoms with Crippen molar-refractivity contribution in [3.8, 4) is 5.75 Å². The van der Waals surface area contributed by atoms with E-state index in [0.29, 0.717) is 31.2 Å². The predicted molar refractivity (Wildman–Crippen MR) is 74.7 cm³/mol. The summed E-state index contributed by atoms with van der Waals surface area (Å²) in [5.41, 5.74) is 1.06. The first-order valence-electron chi connectivity index (χ1n) is 7.06. The number of aromatic nitrogens is 2. The first-order chi connectivity index (χ1) is 10.3. The third kappa shape index (κ3) is 3.04. The van der Waals surface area contributed by atoms with Crippen LogP contribution in [0.2, 0.25) is 0 Å². The maximum absolute atomic E-state index is 12.2. The minimum atomic E-state index is -0.187. The molecule has 0 fully saturated rings. The van der Waals surface area contributed by atoms with Gasteiger partial charge < -0.3 is 14.6 Å². The summed E-state index contributed by atoms with van der Waals surface area (Å²) >= 11 is 0. The van der Waals surface area contributed by atoms with Crippen molar-refractivity contribution < 1.29 is 14.1 Å². The van der Waals surface area contributed by atoms with Crippen LogP contribution in [0, 0.1) is 5.92 Å². The van der Waals surface area contributed by atoms with Gasteiger partial charge in [-0.3, -0.25) is 4.79 Å². The van der Waals surface area contributed by atoms with Crippen LogP contribution in [0.4, 0.5) is 0 Å². The standard InChI is InChI=1S/C15H17N3O3/c1-2-13-17-14(21-18-13)8-16-15(19)11-7-10-5-3-4-6-12(10)20-9-11/h3-6,11H,2,7-9H2,1H3,(H,16,19)/t11-/m0/s1. The zero-order valence-corrected chi connectivity index (χ0v) is 11.8. The summed E-state index contributed by atoms with van der Waals surface area (Å²) in [7, 11) is 0. The average molecular weight is 287 g/mol. The maximum atomic E-state index is 12.2. The van der Waals surface area contributed by atoms with Gasteiger partial charge in [0.05, 0.1) is 12.5 Å². The number of carbonyl (C=O) groups is 1. The van der Waals surface area contributed by atoms with E-state index in [-0.39, 0.29) is 18.4 Å². The van der Waals surface area contributed by atoms with Gasteiger partial charge in [-0.25, -0.2) is 0 Å². The monoisotopic (exact) mass is 287 g/mol. The lowest BCUT2D eigenvalue weighted by molar-refractivity contribution is -0.126. The molecule has 0 bridgehead atoms. The van der Waals surface area contributed by atoms with Gasteiger partial charge in [-0.1, -0.05) is 30.3 Å². The van der Waals surface area contributed by atoms with Crippen LogP contribution in [0.1, 0.15) is 24.2 Å². The summed E-state index contributed by atoms with van der Waals surface area (Å²) in [6.07, 6.45) is 1.40. The van der Waals surface area contributed by atoms with Gasteiger partial charge in [0.2, 0.25) is 11.8 Å². The molecule has 0 spiro atoms. The Morgan fingerprint density at radius 3 is 3.10 bits per heavy atom. The Bertz CT molecular complexity index is 639. The number of carbonyl (C=O) groups excluding carboxylic acids is 1. The van der Waals surface area contributed by atoms with E-state index in [9.17, 15) is 4.79 Å². The minimum absolute atomic E-state index is 0.0549. The number of hydrogen-bond acceptors (Lipinski definition) is 5. The van der Waals surface area contributed by atoms with E-state index in [1.807, 2.05) is 31.2 Å². The molecular formula is C15H17N3O3. The van der Waals surface area contributed by atoms with Gasteiger partial charge >= 0.3 is 0 Å². The van der Waals surface area contributed by atoms with Crippen molar-refractivity contribution in [2.24, 2.45) is 5.92 Å². The second-order valence-corrected chi connectivity index (χ2v) is 5.00. The topological polar surface area (TPSA) is 77.2 Å². The fourth-order valence-electron chi connectivity index (χ4n) is 2.31. The van der Waals surface area contributed by atoms with Gasteiger partial charge in [0, 0.05) is 6.42 Å². The number of rotatable bonds is 4. The van der Waals surface area contributed by atoms with E-state index in [4.69, 9.17) is 9.26 Å². The van der Waals surface area contributed by atoms with Crippen molar-refractivity contribution in [1.29, 1.82) is 0 Å². The highest BCUT2D eigenvalue weighted by Gasteiger charge is 2.25. The fraction of sp³-hybridized carbons (Fsp3) is 0.400. The molecule has 1 amide bonds. The molecule has 110 valence electrons. The van der Waals surface area contributed by atoms with Gasteiger partial charge in [-0.15, -0.1) is 0 Å². The highest BCUT2D eigenvalue weighted by Crippen LogP contribution is 2.26. The SMILES string of the molecule is CCc1noc(CNC(=O)[C@@H]2COc3ccccc3C2)n1. The molecule has 21 heavy (non-hydrogen) atoms. The van der Waals surface area contributed by atoms with Gasteiger partial charge in [-0.2, -0.15) is 4.98 Å². The first kappa shape index (κ1) is 13.6. The van der Waals surface area contributed by atoms with Gasteiger partial charge in [0.25, 0.3) is 0 Å². The Labute approximate surface area is 122 Å². The van der Waals surface area contributed by atoms with E-state index in [1.165, 1.54) is 0 Å². The molecule has 2 heterocycles. The Morgan fingerprint density at radius 1 is 1.43 bits per heavy atom. The minimum Gasteiger partial charge on any atom is -0.492 e. The number of nitrogens with zero attached hydrogens (tertiary/aromatic N) is 2. The summed E-state index contributed by atoms with van der Waals surface area (Å²) in [6, 6.07) is 7.79. The smallest absolute Gasteiger partial charge is 0.246 e. The second-order valence-electron chi connectivity index (χ2n) is 5.00. The molecule has 0 radical (unpaired) electrons. The molecule has 1 N–H and O–H groups in total. The van der Waals surface area contributed by atoms with Crippen LogP contribution in [0.3, 0.4) is 0 Å². The largest absolute Gasteiger partial charge is 0.492 e. The van der Waals surface area contributed by atoms with Gasteiger partial charge in [0.1, 0.15) is 12.4 Å². The van der Waals surface area contributed by atoms with Crippen LogP contribution in [-0.2, 0) is 24.2 Å². The number of para-hydroxylation sites is 1. The number of benzene rings is 1. The van der Waals surface area contributed by atoms with Crippen molar-refractivity contribution in [2.75, 3.05) is 6.61 Å². The number of nitrogens with one attached hydrogen (secondary N) is 1. The van der Waals surface area contributed by atoms with E-state index in [0.717, 1.165) is 11.3 Å². The number of ether oxygens (including phenoxy) is 1. The van der Waals surface area contributed by atoms with Crippen molar-refractivity contribution in [3.05, 3.63) is 41.5 Å². The van der Waals surface area contributed by atoms with E-state index in [2.05, 4.69) is 15.5 Å². The molecule has 0 saturated heterocycles. The van der Waals surface area contributed by atoms with Crippen LogP contribution in [0.5, 0.6) is 5.75 Å². The van der Waals surface area contributed by atoms with Crippen molar-refractivity contribution in [3.63, 3.8) is 0 Å². The highest BCUT2D eigenvalue weighted by molar-refractivity contribution is 5.79. The molecule has 6 nitrogen and oxygen atoms in total. The summed E-state index contributed by atoms with van der Waals surface area (Å²) < 4.78 is 10.7. The number of aryl methyl sites for hydroxylation is 1. The maximum Gasteiger partial charge on any atom is 0.246 e. The fourth-order valence-corrected chi connectivity index (χ4v) is 2.31. The lowest BCUT2D eigenvalue weighted by atomic mass is 9.96. The lowest BCUT2D eigenvalue weighted by Crippen LogP contribution is -2.37. The number of amides is 1. The quantitative estimate of drug-likeness (QED) is 0.922. The van der Waals surface area contributed by atoms with Crippen LogP contribution in [0.15, 0.2) is 28.8 Å². The molecule has 3 rings (SSSR count). The third-order valence-electron chi connectivity index (χ3n) is 3.49. The van der Waals surface area contributed by atoms with Crippen LogP contribution >= 0.6 is 0 Å². The predicted octanol–water partition coefficient (Wildman–Crippen LogP) is 1.50. The normalized spacial score (nSPS) is 16.9. The number of fused-ring (bicyclic) bond motifs is 1. The zero-order valence-electron chi connectivity index (χ0n) is 11.8. The molecule has 0 unspecified atom stereocenters. The van der Waals surface area contributed by atoms with Crippen molar-refractivity contribution in [1.82, 2.24) is 15.5 Å². The van der Waals surface area contributed by atoms with Crippen molar-refractivity contribution in [2.45, 2.75) is 26.3 Å². The molecule has 1 atom stereocenters. The zero-order chi connectivity index (χ0) is 14.7. The summed E-state index contributed by atoms with van der Waals surface area (Å²) in [6.45, 7) is 2.60. The summed E-state index contributed by atoms with van der Waals surface area (Å²) in [4.78, 5) is 16.3. The summed E-state index contributed by atoms with van der Waals surface area (Å²) in [5, 5.41) is 6.61. The molecule has 6 heteroatoms. The Balaban J connectivity index is 1.57. The Morgan fingerprint density at radius 2 is 2.29 bits per heavy atom. The molecule has 1 aliphatic rings. The van der Waals surface area contributed by atoms with Crippen LogP contribution in [0.25, 0.3) is 0 Å². The van der Waals surface area contributed by atoms with E-state index < -0.39 is 0 Å². The molecular weight excluding hydrogens is 270 g/mol. The molecule has 1 aromatic carbocycles. The van der Waals surface area contributed by atoms with E-state index >= 15 is 0 Å². The van der Waals surface area contributed by atoms with Crippen LogP contribution in [-0.4, -0.2) is 22.7 Å². The van der Waals surface area contributed by atoms with Gasteiger partial charge in [0.15, 0.2) is 5.82 Å². The third-order valence-corrected chi connectivity index (χ3v) is 3.49. The lowest BCUT2D eigenvalue weighted by Gasteiger charge is -2.24. The van der Waals surface area contributed by atoms with E-state index in [1.54, 1.807) is 0 Å². The van der Waals surface area contributed by atoms with Crippen LogP contribution < -0.4 is 10.1 Å². The van der Waals surface area contributed by atoms with Crippen molar-refractivity contribution >= 4 is 5.91 Å². The second kappa shape index (κ2) is 5.95. The Hall–Kier alpha value is -2.37. The molecule has 2 aromatic rings. The molecule has 0 saturated carbocycles. The number of hydrogen-bond donors (Lipinski definition) is 1. The Kier molecular flexibility index (Phi) is 3.85. The first-order valence-corrected chi connectivity index (χ1v) is 7.06. The van der Waals surface area contributed by atoms with Gasteiger partial charge in [-0.05, 0) is 18.1 Å².